The van der Waals surface area contributed by atoms with Crippen molar-refractivity contribution in [1.82, 2.24) is 20.3 Å². The molecule has 0 unspecified atom stereocenters. The van der Waals surface area contributed by atoms with E-state index in [1.165, 1.54) is 0 Å². The second-order valence-electron chi connectivity index (χ2n) is 6.49. The van der Waals surface area contributed by atoms with Gasteiger partial charge in [-0.25, -0.2) is 0 Å². The van der Waals surface area contributed by atoms with Crippen LogP contribution in [-0.4, -0.2) is 60.1 Å². The van der Waals surface area contributed by atoms with Crippen molar-refractivity contribution in [2.24, 2.45) is 5.92 Å². The summed E-state index contributed by atoms with van der Waals surface area (Å²) in [5, 5.41) is 7.27. The van der Waals surface area contributed by atoms with Gasteiger partial charge in [0.25, 0.3) is 0 Å². The third-order valence-electron chi connectivity index (χ3n) is 4.70. The summed E-state index contributed by atoms with van der Waals surface area (Å²) < 4.78 is 5.26. The van der Waals surface area contributed by atoms with Crippen LogP contribution >= 0.6 is 24.8 Å². The average Bonchev–Trinajstić information content (AvgIpc) is 2.94. The molecule has 138 valence electrons. The number of carbonyl (C=O) groups is 1. The number of piperazine rings is 1. The van der Waals surface area contributed by atoms with Gasteiger partial charge in [-0.2, -0.15) is 0 Å². The van der Waals surface area contributed by atoms with Gasteiger partial charge in [-0.05, 0) is 38.8 Å². The summed E-state index contributed by atoms with van der Waals surface area (Å²) in [6, 6.07) is 1.98. The van der Waals surface area contributed by atoms with Crippen molar-refractivity contribution in [1.29, 1.82) is 0 Å². The maximum Gasteiger partial charge on any atom is 0.222 e. The number of nitrogens with one attached hydrogen (secondary N) is 1. The summed E-state index contributed by atoms with van der Waals surface area (Å²) in [6.07, 6.45) is 3.00. The number of hydrogen-bond acceptors (Lipinski definition) is 5. The molecule has 3 heterocycles. The Kier molecular flexibility index (Phi) is 9.05. The number of halogens is 2. The molecule has 1 N–H and O–H groups in total. The van der Waals surface area contributed by atoms with Crippen molar-refractivity contribution in [3.63, 3.8) is 0 Å². The number of aromatic nitrogens is 1. The van der Waals surface area contributed by atoms with Crippen LogP contribution in [0.5, 0.6) is 0 Å². The van der Waals surface area contributed by atoms with Crippen LogP contribution < -0.4 is 5.32 Å². The van der Waals surface area contributed by atoms with Gasteiger partial charge in [0, 0.05) is 38.7 Å². The molecule has 8 heteroatoms. The average molecular weight is 379 g/mol. The molecule has 0 spiro atoms. The van der Waals surface area contributed by atoms with Crippen LogP contribution in [-0.2, 0) is 11.3 Å². The Hall–Kier alpha value is -0.820. The van der Waals surface area contributed by atoms with Gasteiger partial charge >= 0.3 is 0 Å². The van der Waals surface area contributed by atoms with Crippen LogP contribution in [0.15, 0.2) is 10.6 Å². The maximum atomic E-state index is 12.4. The van der Waals surface area contributed by atoms with Crippen LogP contribution in [0.1, 0.15) is 30.7 Å². The van der Waals surface area contributed by atoms with Crippen LogP contribution in [0.25, 0.3) is 0 Å². The molecule has 6 nitrogen and oxygen atoms in total. The first-order valence-electron chi connectivity index (χ1n) is 8.34. The standard InChI is InChI=1S/C16H26N4O2.2ClH/c1-13-10-15(22-18-13)12-19-6-8-20(9-7-19)16(21)11-14-2-4-17-5-3-14;;/h10,14,17H,2-9,11-12H2,1H3;2*1H. The lowest BCUT2D eigenvalue weighted by Gasteiger charge is -2.35. The third kappa shape index (κ3) is 5.92. The molecule has 1 aromatic rings. The van der Waals surface area contributed by atoms with Crippen molar-refractivity contribution in [2.75, 3.05) is 39.3 Å². The van der Waals surface area contributed by atoms with Gasteiger partial charge in [-0.1, -0.05) is 5.16 Å². The minimum absolute atomic E-state index is 0. The Balaban J connectivity index is 0.00000144. The molecule has 0 aliphatic carbocycles. The second kappa shape index (κ2) is 10.2. The van der Waals surface area contributed by atoms with Crippen LogP contribution in [0.4, 0.5) is 0 Å². The fraction of sp³-hybridized carbons (Fsp3) is 0.750. The SMILES string of the molecule is Cc1cc(CN2CCN(C(=O)CC3CCNCC3)CC2)on1.Cl.Cl. The zero-order chi connectivity index (χ0) is 15.4. The Morgan fingerprint density at radius 3 is 2.50 bits per heavy atom. The Bertz CT molecular complexity index is 498. The van der Waals surface area contributed by atoms with Gasteiger partial charge in [-0.15, -0.1) is 24.8 Å². The first kappa shape index (κ1) is 21.2. The predicted molar refractivity (Wildman–Crippen MR) is 97.8 cm³/mol. The van der Waals surface area contributed by atoms with Gasteiger partial charge in [0.15, 0.2) is 5.76 Å². The van der Waals surface area contributed by atoms with Crippen LogP contribution in [0, 0.1) is 12.8 Å². The van der Waals surface area contributed by atoms with E-state index in [0.29, 0.717) is 11.8 Å². The Morgan fingerprint density at radius 1 is 1.25 bits per heavy atom. The molecule has 1 aromatic heterocycles. The van der Waals surface area contributed by atoms with E-state index in [-0.39, 0.29) is 24.8 Å². The number of amides is 1. The molecular weight excluding hydrogens is 351 g/mol. The topological polar surface area (TPSA) is 61.6 Å². The molecule has 0 aromatic carbocycles. The lowest BCUT2D eigenvalue weighted by atomic mass is 9.94. The highest BCUT2D eigenvalue weighted by molar-refractivity contribution is 5.85. The zero-order valence-electron chi connectivity index (χ0n) is 14.2. The third-order valence-corrected chi connectivity index (χ3v) is 4.70. The summed E-state index contributed by atoms with van der Waals surface area (Å²) in [7, 11) is 0. The maximum absolute atomic E-state index is 12.4. The van der Waals surface area contributed by atoms with Crippen molar-refractivity contribution < 1.29 is 9.32 Å². The molecule has 0 saturated carbocycles. The quantitative estimate of drug-likeness (QED) is 0.866. The van der Waals surface area contributed by atoms with Crippen LogP contribution in [0.2, 0.25) is 0 Å². The summed E-state index contributed by atoms with van der Waals surface area (Å²) >= 11 is 0. The minimum atomic E-state index is 0. The number of hydrogen-bond donors (Lipinski definition) is 1. The highest BCUT2D eigenvalue weighted by Crippen LogP contribution is 2.18. The minimum Gasteiger partial charge on any atom is -0.360 e. The van der Waals surface area contributed by atoms with E-state index in [1.54, 1.807) is 0 Å². The van der Waals surface area contributed by atoms with Crippen LogP contribution in [0.3, 0.4) is 0 Å². The van der Waals surface area contributed by atoms with Gasteiger partial charge in [0.05, 0.1) is 12.2 Å². The fourth-order valence-corrected chi connectivity index (χ4v) is 3.33. The highest BCUT2D eigenvalue weighted by Gasteiger charge is 2.24. The molecule has 0 atom stereocenters. The number of piperidine rings is 1. The second-order valence-corrected chi connectivity index (χ2v) is 6.49. The monoisotopic (exact) mass is 378 g/mol. The number of rotatable bonds is 4. The Labute approximate surface area is 156 Å². The molecule has 0 bridgehead atoms. The van der Waals surface area contributed by atoms with E-state index < -0.39 is 0 Å². The molecule has 0 radical (unpaired) electrons. The van der Waals surface area contributed by atoms with Crippen molar-refractivity contribution in [3.8, 4) is 0 Å². The predicted octanol–water partition coefficient (Wildman–Crippen LogP) is 1.86. The lowest BCUT2D eigenvalue weighted by Crippen LogP contribution is -2.48. The van der Waals surface area contributed by atoms with E-state index >= 15 is 0 Å². The molecule has 1 amide bonds. The van der Waals surface area contributed by atoms with E-state index in [1.807, 2.05) is 17.9 Å². The highest BCUT2D eigenvalue weighted by atomic mass is 35.5. The van der Waals surface area contributed by atoms with E-state index in [4.69, 9.17) is 4.52 Å². The normalized spacial score (nSPS) is 19.5. The molecule has 2 aliphatic heterocycles. The van der Waals surface area contributed by atoms with Gasteiger partial charge < -0.3 is 14.7 Å². The van der Waals surface area contributed by atoms with Gasteiger partial charge in [0.2, 0.25) is 5.91 Å². The fourth-order valence-electron chi connectivity index (χ4n) is 3.33. The zero-order valence-corrected chi connectivity index (χ0v) is 15.8. The molecule has 2 saturated heterocycles. The smallest absolute Gasteiger partial charge is 0.222 e. The summed E-state index contributed by atoms with van der Waals surface area (Å²) in [5.41, 5.74) is 0.922. The van der Waals surface area contributed by atoms with Crippen molar-refractivity contribution in [2.45, 2.75) is 32.7 Å². The van der Waals surface area contributed by atoms with Gasteiger partial charge in [0.1, 0.15) is 0 Å². The van der Waals surface area contributed by atoms with E-state index in [2.05, 4.69) is 15.4 Å². The van der Waals surface area contributed by atoms with Gasteiger partial charge in [-0.3, -0.25) is 9.69 Å². The first-order valence-corrected chi connectivity index (χ1v) is 8.34. The van der Waals surface area contributed by atoms with E-state index in [0.717, 1.165) is 76.5 Å². The first-order chi connectivity index (χ1) is 10.7. The van der Waals surface area contributed by atoms with Crippen molar-refractivity contribution >= 4 is 30.7 Å². The molecule has 2 fully saturated rings. The summed E-state index contributed by atoms with van der Waals surface area (Å²) in [4.78, 5) is 16.8. The largest absolute Gasteiger partial charge is 0.360 e. The summed E-state index contributed by atoms with van der Waals surface area (Å²) in [6.45, 7) is 8.33. The van der Waals surface area contributed by atoms with Crippen molar-refractivity contribution in [3.05, 3.63) is 17.5 Å². The number of nitrogens with zero attached hydrogens (tertiary/aromatic N) is 3. The molecular formula is C16H28Cl2N4O2. The molecule has 24 heavy (non-hydrogen) atoms. The van der Waals surface area contributed by atoms with E-state index in [9.17, 15) is 4.79 Å². The number of carbonyl (C=O) groups excluding carboxylic acids is 1. The lowest BCUT2D eigenvalue weighted by molar-refractivity contribution is -0.134. The molecule has 2 aliphatic rings. The summed E-state index contributed by atoms with van der Waals surface area (Å²) in [5.74, 6) is 1.82. The molecule has 3 rings (SSSR count). The number of aryl methyl sites for hydroxylation is 1. The Morgan fingerprint density at radius 2 is 1.92 bits per heavy atom.